The Balaban J connectivity index is 1.23. The van der Waals surface area contributed by atoms with Crippen LogP contribution < -0.4 is 15.3 Å². The third-order valence-electron chi connectivity index (χ3n) is 10.9. The lowest BCUT2D eigenvalue weighted by Crippen LogP contribution is -2.49. The van der Waals surface area contributed by atoms with Gasteiger partial charge in [-0.2, -0.15) is 0 Å². The summed E-state index contributed by atoms with van der Waals surface area (Å²) in [6.45, 7) is 4.98. The molecular formula is C48H35NOSi. The molecule has 10 rings (SSSR count). The van der Waals surface area contributed by atoms with E-state index in [0.717, 1.165) is 28.2 Å². The number of furan rings is 1. The number of para-hydroxylation sites is 2. The minimum Gasteiger partial charge on any atom is -0.455 e. The van der Waals surface area contributed by atoms with Gasteiger partial charge in [-0.1, -0.05) is 159 Å². The predicted molar refractivity (Wildman–Crippen MR) is 219 cm³/mol. The molecule has 3 heteroatoms. The highest BCUT2D eigenvalue weighted by molar-refractivity contribution is 7.04. The van der Waals surface area contributed by atoms with E-state index in [1.54, 1.807) is 0 Å². The van der Waals surface area contributed by atoms with Crippen molar-refractivity contribution in [3.8, 4) is 33.4 Å². The van der Waals surface area contributed by atoms with Gasteiger partial charge in [0.05, 0.1) is 11.4 Å². The number of anilines is 3. The Labute approximate surface area is 298 Å². The molecule has 1 aliphatic heterocycles. The number of hydrogen-bond donors (Lipinski definition) is 0. The number of benzene rings is 8. The Morgan fingerprint density at radius 3 is 1.84 bits per heavy atom. The van der Waals surface area contributed by atoms with Crippen LogP contribution in [0.3, 0.4) is 0 Å². The average Bonchev–Trinajstić information content (AvgIpc) is 3.68. The molecule has 2 nitrogen and oxygen atoms in total. The van der Waals surface area contributed by atoms with E-state index < -0.39 is 8.07 Å². The normalized spacial score (nSPS) is 13.1. The molecule has 8 aromatic carbocycles. The van der Waals surface area contributed by atoms with Gasteiger partial charge >= 0.3 is 0 Å². The highest BCUT2D eigenvalue weighted by atomic mass is 28.3. The van der Waals surface area contributed by atoms with E-state index in [-0.39, 0.29) is 0 Å². The largest absolute Gasteiger partial charge is 0.455 e. The van der Waals surface area contributed by atoms with Crippen LogP contribution in [-0.2, 0) is 0 Å². The van der Waals surface area contributed by atoms with Crippen LogP contribution in [0, 0.1) is 0 Å². The maximum Gasteiger partial charge on any atom is 0.143 e. The molecule has 0 radical (unpaired) electrons. The van der Waals surface area contributed by atoms with Gasteiger partial charge in [-0.25, -0.2) is 0 Å². The van der Waals surface area contributed by atoms with Gasteiger partial charge in [0, 0.05) is 33.0 Å². The van der Waals surface area contributed by atoms with Crippen LogP contribution in [0.5, 0.6) is 0 Å². The van der Waals surface area contributed by atoms with Crippen LogP contribution in [0.25, 0.3) is 66.1 Å². The Bertz CT molecular complexity index is 2780. The smallest absolute Gasteiger partial charge is 0.143 e. The van der Waals surface area contributed by atoms with E-state index >= 15 is 0 Å². The van der Waals surface area contributed by atoms with E-state index in [1.807, 2.05) is 0 Å². The molecule has 1 aliphatic rings. The second kappa shape index (κ2) is 11.4. The van der Waals surface area contributed by atoms with Crippen LogP contribution in [0.1, 0.15) is 0 Å². The minimum atomic E-state index is -2.10. The van der Waals surface area contributed by atoms with Crippen LogP contribution in [0.15, 0.2) is 180 Å². The van der Waals surface area contributed by atoms with Crippen LogP contribution in [0.2, 0.25) is 13.1 Å². The number of hydrogen-bond acceptors (Lipinski definition) is 2. The van der Waals surface area contributed by atoms with Gasteiger partial charge in [0.2, 0.25) is 0 Å². The summed E-state index contributed by atoms with van der Waals surface area (Å²) in [5, 5.41) is 7.69. The molecule has 0 amide bonds. The minimum absolute atomic E-state index is 0.944. The Kier molecular flexibility index (Phi) is 6.67. The molecule has 0 N–H and O–H groups in total. The lowest BCUT2D eigenvalue weighted by molar-refractivity contribution is 0.670. The van der Waals surface area contributed by atoms with Gasteiger partial charge in [0.15, 0.2) is 0 Å². The van der Waals surface area contributed by atoms with Crippen molar-refractivity contribution >= 4 is 68.2 Å². The Hall–Kier alpha value is -6.16. The van der Waals surface area contributed by atoms with Crippen molar-refractivity contribution in [2.45, 2.75) is 13.1 Å². The number of nitrogens with zero attached hydrogens (tertiary/aromatic N) is 1. The highest BCUT2D eigenvalue weighted by Gasteiger charge is 2.40. The monoisotopic (exact) mass is 669 g/mol. The zero-order valence-electron chi connectivity index (χ0n) is 28.6. The summed E-state index contributed by atoms with van der Waals surface area (Å²) < 4.78 is 6.63. The van der Waals surface area contributed by atoms with Gasteiger partial charge in [0.1, 0.15) is 19.2 Å². The Morgan fingerprint density at radius 2 is 1.06 bits per heavy atom. The first kappa shape index (κ1) is 29.7. The molecule has 0 spiro atoms. The van der Waals surface area contributed by atoms with Crippen molar-refractivity contribution < 1.29 is 4.42 Å². The first-order valence-corrected chi connectivity index (χ1v) is 20.7. The first-order valence-electron chi connectivity index (χ1n) is 17.7. The zero-order valence-corrected chi connectivity index (χ0v) is 29.6. The molecule has 0 saturated heterocycles. The number of rotatable bonds is 5. The van der Waals surface area contributed by atoms with E-state index in [9.17, 15) is 0 Å². The lowest BCUT2D eigenvalue weighted by Gasteiger charge is -2.30. The van der Waals surface area contributed by atoms with Gasteiger partial charge in [0.25, 0.3) is 0 Å². The fraction of sp³-hybridized carbons (Fsp3) is 0.0417. The lowest BCUT2D eigenvalue weighted by atomic mass is 9.95. The van der Waals surface area contributed by atoms with Gasteiger partial charge in [-0.3, -0.25) is 0 Å². The molecule has 9 aromatic rings. The van der Waals surface area contributed by atoms with E-state index in [0.29, 0.717) is 0 Å². The molecule has 2 heterocycles. The van der Waals surface area contributed by atoms with E-state index in [4.69, 9.17) is 4.42 Å². The number of fused-ring (bicyclic) bond motifs is 8. The van der Waals surface area contributed by atoms with Gasteiger partial charge < -0.3 is 9.32 Å². The van der Waals surface area contributed by atoms with Gasteiger partial charge in [-0.15, -0.1) is 0 Å². The molecule has 0 atom stereocenters. The van der Waals surface area contributed by atoms with Crippen LogP contribution in [0.4, 0.5) is 17.1 Å². The molecule has 242 valence electrons. The molecule has 0 aliphatic carbocycles. The molecule has 0 unspecified atom stereocenters. The quantitative estimate of drug-likeness (QED) is 0.170. The van der Waals surface area contributed by atoms with Crippen molar-refractivity contribution in [1.29, 1.82) is 0 Å². The van der Waals surface area contributed by atoms with E-state index in [2.05, 4.69) is 194 Å². The van der Waals surface area contributed by atoms with Crippen LogP contribution >= 0.6 is 0 Å². The molecule has 0 fully saturated rings. The summed E-state index contributed by atoms with van der Waals surface area (Å²) in [4.78, 5) is 2.49. The third-order valence-corrected chi connectivity index (χ3v) is 14.4. The van der Waals surface area contributed by atoms with Crippen molar-refractivity contribution in [2.24, 2.45) is 0 Å². The summed E-state index contributed by atoms with van der Waals surface area (Å²) in [7, 11) is -2.10. The van der Waals surface area contributed by atoms with Crippen molar-refractivity contribution in [3.63, 3.8) is 0 Å². The fourth-order valence-corrected chi connectivity index (χ4v) is 11.5. The van der Waals surface area contributed by atoms with Gasteiger partial charge in [-0.05, 0) is 68.3 Å². The summed E-state index contributed by atoms with van der Waals surface area (Å²) in [6, 6.07) is 64.0. The molecule has 51 heavy (non-hydrogen) atoms. The molecule has 0 saturated carbocycles. The van der Waals surface area contributed by atoms with Crippen LogP contribution in [-0.4, -0.2) is 8.07 Å². The second-order valence-electron chi connectivity index (χ2n) is 14.1. The standard InChI is InChI=1S/C48H35NOSi/c1-51(2)45-30-28-40-39-22-12-14-24-44(39)50-48(40)47(45)41-26-25-34(31-46(41)51)49(42-23-13-11-19-36(42)33-17-7-4-8-18-33)43-29-27-35(32-15-5-3-6-16-32)37-20-9-10-21-38(37)43/h3-31H,1-2H3. The SMILES string of the molecule is C[Si]1(C)c2cc(N(c3ccccc3-c3ccccc3)c3ccc(-c4ccccc4)c4ccccc34)ccc2-c2c1ccc1c2oc2ccccc21. The average molecular weight is 670 g/mol. The fourth-order valence-electron chi connectivity index (χ4n) is 8.41. The molecule has 1 aromatic heterocycles. The third kappa shape index (κ3) is 4.55. The summed E-state index contributed by atoms with van der Waals surface area (Å²) in [5.41, 5.74) is 12.8. The molecular weight excluding hydrogens is 635 g/mol. The second-order valence-corrected chi connectivity index (χ2v) is 18.4. The summed E-state index contributed by atoms with van der Waals surface area (Å²) in [5.74, 6) is 0. The van der Waals surface area contributed by atoms with Crippen molar-refractivity contribution in [2.75, 3.05) is 4.90 Å². The maximum atomic E-state index is 6.63. The molecule has 0 bridgehead atoms. The predicted octanol–water partition coefficient (Wildman–Crippen LogP) is 12.3. The summed E-state index contributed by atoms with van der Waals surface area (Å²) >= 11 is 0. The zero-order chi connectivity index (χ0) is 34.1. The summed E-state index contributed by atoms with van der Waals surface area (Å²) in [6.07, 6.45) is 0. The Morgan fingerprint density at radius 1 is 0.431 bits per heavy atom. The topological polar surface area (TPSA) is 16.4 Å². The maximum absolute atomic E-state index is 6.63. The highest BCUT2D eigenvalue weighted by Crippen LogP contribution is 2.46. The van der Waals surface area contributed by atoms with Crippen molar-refractivity contribution in [3.05, 3.63) is 176 Å². The van der Waals surface area contributed by atoms with Crippen molar-refractivity contribution in [1.82, 2.24) is 0 Å². The van der Waals surface area contributed by atoms with E-state index in [1.165, 1.54) is 65.3 Å². The first-order chi connectivity index (χ1) is 25.1.